The SMILES string of the molecule is CCc1nc(NC)cc(N2CC(C)C(N(C)C)C2)n1. The van der Waals surface area contributed by atoms with Crippen LogP contribution in [0, 0.1) is 5.92 Å². The van der Waals surface area contributed by atoms with Crippen molar-refractivity contribution in [3.63, 3.8) is 0 Å². The molecular weight excluding hydrogens is 238 g/mol. The van der Waals surface area contributed by atoms with Gasteiger partial charge < -0.3 is 15.1 Å². The van der Waals surface area contributed by atoms with Gasteiger partial charge in [0.2, 0.25) is 0 Å². The molecule has 0 aliphatic carbocycles. The number of rotatable bonds is 4. The van der Waals surface area contributed by atoms with Crippen LogP contribution in [0.2, 0.25) is 0 Å². The molecule has 0 aromatic carbocycles. The van der Waals surface area contributed by atoms with E-state index in [0.29, 0.717) is 12.0 Å². The molecule has 0 bridgehead atoms. The van der Waals surface area contributed by atoms with Gasteiger partial charge in [0, 0.05) is 38.7 Å². The van der Waals surface area contributed by atoms with Crippen LogP contribution in [0.5, 0.6) is 0 Å². The highest BCUT2D eigenvalue weighted by molar-refractivity contribution is 5.50. The lowest BCUT2D eigenvalue weighted by Crippen LogP contribution is -2.34. The second-order valence-corrected chi connectivity index (χ2v) is 5.54. The predicted octanol–water partition coefficient (Wildman–Crippen LogP) is 1.47. The molecule has 106 valence electrons. The van der Waals surface area contributed by atoms with Gasteiger partial charge in [0.1, 0.15) is 17.5 Å². The number of hydrogen-bond donors (Lipinski definition) is 1. The van der Waals surface area contributed by atoms with Gasteiger partial charge in [-0.3, -0.25) is 0 Å². The molecule has 2 heterocycles. The van der Waals surface area contributed by atoms with Gasteiger partial charge in [-0.2, -0.15) is 0 Å². The summed E-state index contributed by atoms with van der Waals surface area (Å²) in [4.78, 5) is 13.8. The molecule has 0 amide bonds. The van der Waals surface area contributed by atoms with E-state index in [2.05, 4.69) is 53.0 Å². The molecule has 1 N–H and O–H groups in total. The average molecular weight is 263 g/mol. The molecule has 1 aliphatic heterocycles. The third kappa shape index (κ3) is 2.97. The Morgan fingerprint density at radius 3 is 2.63 bits per heavy atom. The van der Waals surface area contributed by atoms with Crippen molar-refractivity contribution < 1.29 is 0 Å². The van der Waals surface area contributed by atoms with Crippen LogP contribution >= 0.6 is 0 Å². The lowest BCUT2D eigenvalue weighted by atomic mass is 10.1. The number of anilines is 2. The molecular formula is C14H25N5. The van der Waals surface area contributed by atoms with Gasteiger partial charge in [-0.05, 0) is 20.0 Å². The van der Waals surface area contributed by atoms with Crippen molar-refractivity contribution in [3.05, 3.63) is 11.9 Å². The van der Waals surface area contributed by atoms with E-state index in [-0.39, 0.29) is 0 Å². The van der Waals surface area contributed by atoms with E-state index < -0.39 is 0 Å². The van der Waals surface area contributed by atoms with E-state index in [1.807, 2.05) is 13.1 Å². The van der Waals surface area contributed by atoms with Crippen LogP contribution in [0.15, 0.2) is 6.07 Å². The normalized spacial score (nSPS) is 23.2. The summed E-state index contributed by atoms with van der Waals surface area (Å²) in [5.74, 6) is 3.52. The Balaban J connectivity index is 2.23. The van der Waals surface area contributed by atoms with Crippen LogP contribution in [0.3, 0.4) is 0 Å². The minimum absolute atomic E-state index is 0.595. The van der Waals surface area contributed by atoms with Gasteiger partial charge >= 0.3 is 0 Å². The summed E-state index contributed by atoms with van der Waals surface area (Å²) in [5.41, 5.74) is 0. The maximum atomic E-state index is 4.67. The minimum atomic E-state index is 0.595. The highest BCUT2D eigenvalue weighted by atomic mass is 15.3. The molecule has 0 spiro atoms. The lowest BCUT2D eigenvalue weighted by molar-refractivity contribution is 0.266. The molecule has 1 saturated heterocycles. The summed E-state index contributed by atoms with van der Waals surface area (Å²) in [6.07, 6.45) is 0.864. The first kappa shape index (κ1) is 14.1. The number of nitrogens with one attached hydrogen (secondary N) is 1. The van der Waals surface area contributed by atoms with E-state index in [1.165, 1.54) is 0 Å². The number of aryl methyl sites for hydroxylation is 1. The molecule has 5 heteroatoms. The fraction of sp³-hybridized carbons (Fsp3) is 0.714. The van der Waals surface area contributed by atoms with E-state index in [9.17, 15) is 0 Å². The predicted molar refractivity (Wildman–Crippen MR) is 79.8 cm³/mol. The summed E-state index contributed by atoms with van der Waals surface area (Å²) in [5, 5.41) is 3.12. The highest BCUT2D eigenvalue weighted by Gasteiger charge is 2.31. The maximum Gasteiger partial charge on any atom is 0.134 e. The number of aromatic nitrogens is 2. The van der Waals surface area contributed by atoms with E-state index in [0.717, 1.165) is 37.0 Å². The van der Waals surface area contributed by atoms with Gasteiger partial charge in [-0.15, -0.1) is 0 Å². The van der Waals surface area contributed by atoms with Crippen molar-refractivity contribution in [1.29, 1.82) is 0 Å². The summed E-state index contributed by atoms with van der Waals surface area (Å²) in [6.45, 7) is 6.50. The molecule has 0 radical (unpaired) electrons. The zero-order valence-corrected chi connectivity index (χ0v) is 12.6. The van der Waals surface area contributed by atoms with Crippen molar-refractivity contribution in [2.24, 2.45) is 5.92 Å². The molecule has 2 rings (SSSR count). The first-order chi connectivity index (χ1) is 9.05. The Labute approximate surface area is 116 Å². The Morgan fingerprint density at radius 1 is 1.37 bits per heavy atom. The van der Waals surface area contributed by atoms with Crippen LogP contribution in [0.1, 0.15) is 19.7 Å². The topological polar surface area (TPSA) is 44.3 Å². The quantitative estimate of drug-likeness (QED) is 0.891. The maximum absolute atomic E-state index is 4.67. The molecule has 19 heavy (non-hydrogen) atoms. The average Bonchev–Trinajstić information content (AvgIpc) is 2.80. The number of likely N-dealkylation sites (N-methyl/N-ethyl adjacent to an activating group) is 1. The highest BCUT2D eigenvalue weighted by Crippen LogP contribution is 2.26. The van der Waals surface area contributed by atoms with Crippen LogP contribution in [-0.4, -0.2) is 55.1 Å². The molecule has 0 saturated carbocycles. The minimum Gasteiger partial charge on any atom is -0.373 e. The van der Waals surface area contributed by atoms with Crippen LogP contribution < -0.4 is 10.2 Å². The lowest BCUT2D eigenvalue weighted by Gasteiger charge is -2.23. The number of hydrogen-bond acceptors (Lipinski definition) is 5. The van der Waals surface area contributed by atoms with Gasteiger partial charge in [0.05, 0.1) is 0 Å². The van der Waals surface area contributed by atoms with E-state index in [1.54, 1.807) is 0 Å². The van der Waals surface area contributed by atoms with E-state index >= 15 is 0 Å². The van der Waals surface area contributed by atoms with Crippen molar-refractivity contribution in [1.82, 2.24) is 14.9 Å². The van der Waals surface area contributed by atoms with Crippen molar-refractivity contribution in [2.45, 2.75) is 26.3 Å². The second kappa shape index (κ2) is 5.74. The monoisotopic (exact) mass is 263 g/mol. The van der Waals surface area contributed by atoms with Gasteiger partial charge in [-0.25, -0.2) is 9.97 Å². The molecule has 1 fully saturated rings. The van der Waals surface area contributed by atoms with Crippen molar-refractivity contribution in [3.8, 4) is 0 Å². The summed E-state index contributed by atoms with van der Waals surface area (Å²) >= 11 is 0. The fourth-order valence-corrected chi connectivity index (χ4v) is 2.74. The third-order valence-corrected chi connectivity index (χ3v) is 3.89. The molecule has 2 atom stereocenters. The van der Waals surface area contributed by atoms with Gasteiger partial charge in [-0.1, -0.05) is 13.8 Å². The zero-order valence-electron chi connectivity index (χ0n) is 12.6. The second-order valence-electron chi connectivity index (χ2n) is 5.54. The Bertz CT molecular complexity index is 410. The summed E-state index contributed by atoms with van der Waals surface area (Å²) < 4.78 is 0. The van der Waals surface area contributed by atoms with Crippen LogP contribution in [-0.2, 0) is 6.42 Å². The number of nitrogens with zero attached hydrogens (tertiary/aromatic N) is 4. The van der Waals surface area contributed by atoms with Crippen LogP contribution in [0.4, 0.5) is 11.6 Å². The van der Waals surface area contributed by atoms with Gasteiger partial charge in [0.15, 0.2) is 0 Å². The first-order valence-corrected chi connectivity index (χ1v) is 7.02. The molecule has 1 aromatic heterocycles. The first-order valence-electron chi connectivity index (χ1n) is 7.02. The Kier molecular flexibility index (Phi) is 4.24. The largest absolute Gasteiger partial charge is 0.373 e. The van der Waals surface area contributed by atoms with Gasteiger partial charge in [0.25, 0.3) is 0 Å². The third-order valence-electron chi connectivity index (χ3n) is 3.89. The van der Waals surface area contributed by atoms with E-state index in [4.69, 9.17) is 0 Å². The molecule has 1 aliphatic rings. The summed E-state index contributed by atoms with van der Waals surface area (Å²) in [7, 11) is 6.21. The zero-order chi connectivity index (χ0) is 14.0. The molecule has 1 aromatic rings. The van der Waals surface area contributed by atoms with Crippen molar-refractivity contribution in [2.75, 3.05) is 44.4 Å². The Hall–Kier alpha value is -1.36. The molecule has 2 unspecified atom stereocenters. The standard InChI is InChI=1S/C14H25N5/c1-6-12-16-13(15-3)7-14(17-12)19-8-10(2)11(9-19)18(4)5/h7,10-11H,6,8-9H2,1-5H3,(H,15,16,17). The smallest absolute Gasteiger partial charge is 0.134 e. The Morgan fingerprint density at radius 2 is 2.11 bits per heavy atom. The van der Waals surface area contributed by atoms with Crippen LogP contribution in [0.25, 0.3) is 0 Å². The fourth-order valence-electron chi connectivity index (χ4n) is 2.74. The summed E-state index contributed by atoms with van der Waals surface area (Å²) in [6, 6.07) is 2.64. The van der Waals surface area contributed by atoms with Crippen molar-refractivity contribution >= 4 is 11.6 Å². The molecule has 5 nitrogen and oxygen atoms in total.